The molecule has 0 amide bonds. The fourth-order valence-electron chi connectivity index (χ4n) is 3.36. The van der Waals surface area contributed by atoms with Crippen molar-refractivity contribution >= 4 is 15.7 Å². The van der Waals surface area contributed by atoms with E-state index in [1.165, 1.54) is 16.4 Å². The normalized spacial score (nSPS) is 23.2. The molecule has 130 valence electrons. The predicted molar refractivity (Wildman–Crippen MR) is 91.2 cm³/mol. The van der Waals surface area contributed by atoms with Crippen molar-refractivity contribution in [1.82, 2.24) is 4.31 Å². The van der Waals surface area contributed by atoms with Crippen molar-refractivity contribution < 1.29 is 17.6 Å². The lowest BCUT2D eigenvalue weighted by atomic mass is 9.92. The molecule has 2 atom stereocenters. The third-order valence-corrected chi connectivity index (χ3v) is 6.59. The SMILES string of the molecule is Cc1ccccc1C1=NOC2CN(S(=O)(=O)c3ccc(F)cc3)CC12. The monoisotopic (exact) mass is 360 g/mol. The topological polar surface area (TPSA) is 59.0 Å². The zero-order valence-corrected chi connectivity index (χ0v) is 14.4. The summed E-state index contributed by atoms with van der Waals surface area (Å²) in [6.07, 6.45) is -0.287. The van der Waals surface area contributed by atoms with E-state index in [1.807, 2.05) is 31.2 Å². The van der Waals surface area contributed by atoms with E-state index in [9.17, 15) is 12.8 Å². The number of hydrogen-bond donors (Lipinski definition) is 0. The van der Waals surface area contributed by atoms with E-state index >= 15 is 0 Å². The maximum Gasteiger partial charge on any atom is 0.243 e. The Bertz CT molecular complexity index is 941. The molecule has 4 rings (SSSR count). The molecule has 0 saturated carbocycles. The van der Waals surface area contributed by atoms with Crippen LogP contribution >= 0.6 is 0 Å². The summed E-state index contributed by atoms with van der Waals surface area (Å²) < 4.78 is 40.1. The highest BCUT2D eigenvalue weighted by atomic mass is 32.2. The molecule has 25 heavy (non-hydrogen) atoms. The maximum absolute atomic E-state index is 13.1. The zero-order chi connectivity index (χ0) is 17.6. The van der Waals surface area contributed by atoms with E-state index in [-0.39, 0.29) is 23.5 Å². The number of benzene rings is 2. The standard InChI is InChI=1S/C18H17FN2O3S/c1-12-4-2-3-5-15(12)18-16-10-21(11-17(16)24-20-18)25(22,23)14-8-6-13(19)7-9-14/h2-9,16-17H,10-11H2,1H3. The second kappa shape index (κ2) is 5.93. The van der Waals surface area contributed by atoms with Crippen molar-refractivity contribution in [3.63, 3.8) is 0 Å². The van der Waals surface area contributed by atoms with Gasteiger partial charge in [0, 0.05) is 12.1 Å². The van der Waals surface area contributed by atoms with Gasteiger partial charge in [-0.25, -0.2) is 12.8 Å². The van der Waals surface area contributed by atoms with Gasteiger partial charge in [0.05, 0.1) is 23.1 Å². The average molecular weight is 360 g/mol. The van der Waals surface area contributed by atoms with Gasteiger partial charge in [0.1, 0.15) is 5.82 Å². The number of rotatable bonds is 3. The fraction of sp³-hybridized carbons (Fsp3) is 0.278. The minimum atomic E-state index is -3.68. The second-order valence-corrected chi connectivity index (χ2v) is 8.26. The molecule has 2 aromatic rings. The third-order valence-electron chi connectivity index (χ3n) is 4.74. The minimum Gasteiger partial charge on any atom is -0.390 e. The van der Waals surface area contributed by atoms with Crippen LogP contribution in [0.2, 0.25) is 0 Å². The van der Waals surface area contributed by atoms with Crippen molar-refractivity contribution in [2.75, 3.05) is 13.1 Å². The summed E-state index contributed by atoms with van der Waals surface area (Å²) in [5.74, 6) is -0.564. The van der Waals surface area contributed by atoms with Gasteiger partial charge in [-0.2, -0.15) is 4.31 Å². The molecule has 0 bridgehead atoms. The first kappa shape index (κ1) is 16.2. The molecule has 0 aliphatic carbocycles. The van der Waals surface area contributed by atoms with Crippen LogP contribution in [0, 0.1) is 18.7 Å². The van der Waals surface area contributed by atoms with Gasteiger partial charge in [0.15, 0.2) is 6.10 Å². The third kappa shape index (κ3) is 2.73. The Labute approximate surface area is 145 Å². The Morgan fingerprint density at radius 3 is 2.56 bits per heavy atom. The van der Waals surface area contributed by atoms with Crippen LogP contribution in [-0.2, 0) is 14.9 Å². The molecule has 2 aliphatic rings. The van der Waals surface area contributed by atoms with Crippen LogP contribution in [0.15, 0.2) is 58.6 Å². The van der Waals surface area contributed by atoms with Gasteiger partial charge < -0.3 is 4.84 Å². The Kier molecular flexibility index (Phi) is 3.85. The van der Waals surface area contributed by atoms with Gasteiger partial charge >= 0.3 is 0 Å². The van der Waals surface area contributed by atoms with Crippen LogP contribution in [-0.4, -0.2) is 37.6 Å². The van der Waals surface area contributed by atoms with Crippen LogP contribution in [0.5, 0.6) is 0 Å². The van der Waals surface area contributed by atoms with Crippen molar-refractivity contribution in [3.05, 3.63) is 65.5 Å². The highest BCUT2D eigenvalue weighted by Gasteiger charge is 2.47. The van der Waals surface area contributed by atoms with Gasteiger partial charge in [0.25, 0.3) is 0 Å². The van der Waals surface area contributed by atoms with E-state index in [4.69, 9.17) is 4.84 Å². The molecule has 2 unspecified atom stereocenters. The van der Waals surface area contributed by atoms with Crippen LogP contribution in [0.25, 0.3) is 0 Å². The molecule has 2 aliphatic heterocycles. The highest BCUT2D eigenvalue weighted by Crippen LogP contribution is 2.33. The number of hydrogen-bond acceptors (Lipinski definition) is 4. The summed E-state index contributed by atoms with van der Waals surface area (Å²) in [7, 11) is -3.68. The van der Waals surface area contributed by atoms with Crippen molar-refractivity contribution in [2.24, 2.45) is 11.1 Å². The summed E-state index contributed by atoms with van der Waals surface area (Å²) in [4.78, 5) is 5.59. The predicted octanol–water partition coefficient (Wildman–Crippen LogP) is 2.56. The number of aryl methyl sites for hydroxylation is 1. The van der Waals surface area contributed by atoms with E-state index < -0.39 is 15.8 Å². The minimum absolute atomic E-state index is 0.0863. The van der Waals surface area contributed by atoms with Crippen molar-refractivity contribution in [2.45, 2.75) is 17.9 Å². The first-order chi connectivity index (χ1) is 12.0. The van der Waals surface area contributed by atoms with Gasteiger partial charge in [-0.15, -0.1) is 0 Å². The van der Waals surface area contributed by atoms with Gasteiger partial charge in [-0.05, 0) is 36.8 Å². The van der Waals surface area contributed by atoms with Crippen LogP contribution < -0.4 is 0 Å². The molecule has 7 heteroatoms. The van der Waals surface area contributed by atoms with E-state index in [2.05, 4.69) is 5.16 Å². The molecule has 2 aromatic carbocycles. The molecule has 5 nitrogen and oxygen atoms in total. The fourth-order valence-corrected chi connectivity index (χ4v) is 4.84. The number of oxime groups is 1. The Hall–Kier alpha value is -2.25. The summed E-state index contributed by atoms with van der Waals surface area (Å²) in [6.45, 7) is 2.54. The lowest BCUT2D eigenvalue weighted by Crippen LogP contribution is -2.30. The Balaban J connectivity index is 1.60. The number of sulfonamides is 1. The summed E-state index contributed by atoms with van der Waals surface area (Å²) >= 11 is 0. The van der Waals surface area contributed by atoms with Crippen molar-refractivity contribution in [1.29, 1.82) is 0 Å². The lowest BCUT2D eigenvalue weighted by molar-refractivity contribution is 0.0803. The average Bonchev–Trinajstić information content (AvgIpc) is 3.17. The zero-order valence-electron chi connectivity index (χ0n) is 13.6. The number of nitrogens with zero attached hydrogens (tertiary/aromatic N) is 2. The second-order valence-electron chi connectivity index (χ2n) is 6.32. The summed E-state index contributed by atoms with van der Waals surface area (Å²) in [6, 6.07) is 12.7. The van der Waals surface area contributed by atoms with E-state index in [0.717, 1.165) is 29.0 Å². The van der Waals surface area contributed by atoms with Crippen molar-refractivity contribution in [3.8, 4) is 0 Å². The van der Waals surface area contributed by atoms with Crippen LogP contribution in [0.3, 0.4) is 0 Å². The molecular formula is C18H17FN2O3S. The quantitative estimate of drug-likeness (QED) is 0.845. The summed E-state index contributed by atoms with van der Waals surface area (Å²) in [5, 5.41) is 4.20. The molecule has 1 saturated heterocycles. The molecule has 0 spiro atoms. The molecule has 0 radical (unpaired) electrons. The molecule has 2 heterocycles. The Morgan fingerprint density at radius 1 is 1.12 bits per heavy atom. The van der Waals surface area contributed by atoms with Gasteiger partial charge in [-0.3, -0.25) is 0 Å². The number of halogens is 1. The van der Waals surface area contributed by atoms with E-state index in [0.29, 0.717) is 6.54 Å². The lowest BCUT2D eigenvalue weighted by Gasteiger charge is -2.17. The Morgan fingerprint density at radius 2 is 1.84 bits per heavy atom. The first-order valence-electron chi connectivity index (χ1n) is 8.02. The first-order valence-corrected chi connectivity index (χ1v) is 9.46. The van der Waals surface area contributed by atoms with Crippen LogP contribution in [0.4, 0.5) is 4.39 Å². The molecule has 0 aromatic heterocycles. The van der Waals surface area contributed by atoms with Crippen LogP contribution in [0.1, 0.15) is 11.1 Å². The maximum atomic E-state index is 13.1. The molecule has 0 N–H and O–H groups in total. The number of fused-ring (bicyclic) bond motifs is 1. The summed E-state index contributed by atoms with van der Waals surface area (Å²) in [5.41, 5.74) is 2.85. The largest absolute Gasteiger partial charge is 0.390 e. The van der Waals surface area contributed by atoms with Gasteiger partial charge in [-0.1, -0.05) is 29.4 Å². The molecule has 1 fully saturated rings. The molecular weight excluding hydrogens is 343 g/mol. The van der Waals surface area contributed by atoms with E-state index in [1.54, 1.807) is 0 Å². The smallest absolute Gasteiger partial charge is 0.243 e. The van der Waals surface area contributed by atoms with Gasteiger partial charge in [0.2, 0.25) is 10.0 Å². The highest BCUT2D eigenvalue weighted by molar-refractivity contribution is 7.89.